The summed E-state index contributed by atoms with van der Waals surface area (Å²) in [7, 11) is 1.73. The van der Waals surface area contributed by atoms with Gasteiger partial charge in [-0.05, 0) is 49.4 Å². The monoisotopic (exact) mass is 231 g/mol. The van der Waals surface area contributed by atoms with Crippen LogP contribution in [0.4, 0.5) is 0 Å². The van der Waals surface area contributed by atoms with Crippen LogP contribution >= 0.6 is 0 Å². The standard InChI is InChI=1S/C14H17NO2/c1-16-11-4-5-12-14-10(8-17-12)3-2-9(6-7-15)13(11)14/h4-5,8-9H,2-3,6-7,15H2,1H3. The van der Waals surface area contributed by atoms with Gasteiger partial charge in [0.05, 0.1) is 13.4 Å². The molecule has 1 atom stereocenters. The van der Waals surface area contributed by atoms with Gasteiger partial charge >= 0.3 is 0 Å². The summed E-state index contributed by atoms with van der Waals surface area (Å²) < 4.78 is 11.1. The Morgan fingerprint density at radius 2 is 2.35 bits per heavy atom. The fraction of sp³-hybridized carbons (Fsp3) is 0.429. The van der Waals surface area contributed by atoms with E-state index in [1.807, 2.05) is 18.4 Å². The molecule has 1 aromatic heterocycles. The van der Waals surface area contributed by atoms with Gasteiger partial charge in [-0.3, -0.25) is 0 Å². The van der Waals surface area contributed by atoms with Gasteiger partial charge in [0, 0.05) is 10.9 Å². The third kappa shape index (κ3) is 1.53. The van der Waals surface area contributed by atoms with E-state index in [1.54, 1.807) is 7.11 Å². The smallest absolute Gasteiger partial charge is 0.134 e. The maximum atomic E-state index is 5.71. The molecule has 1 aromatic carbocycles. The summed E-state index contributed by atoms with van der Waals surface area (Å²) in [4.78, 5) is 0. The van der Waals surface area contributed by atoms with Crippen LogP contribution < -0.4 is 10.5 Å². The lowest BCUT2D eigenvalue weighted by molar-refractivity contribution is 0.402. The van der Waals surface area contributed by atoms with Crippen molar-refractivity contribution < 1.29 is 9.15 Å². The molecule has 0 spiro atoms. The number of ether oxygens (including phenoxy) is 1. The van der Waals surface area contributed by atoms with Crippen LogP contribution in [0.25, 0.3) is 11.0 Å². The maximum Gasteiger partial charge on any atom is 0.134 e. The molecule has 0 amide bonds. The van der Waals surface area contributed by atoms with Gasteiger partial charge in [0.25, 0.3) is 0 Å². The van der Waals surface area contributed by atoms with Gasteiger partial charge in [0.1, 0.15) is 11.3 Å². The zero-order chi connectivity index (χ0) is 11.8. The average Bonchev–Trinajstić information content (AvgIpc) is 2.77. The molecule has 1 aliphatic rings. The lowest BCUT2D eigenvalue weighted by Gasteiger charge is -2.24. The molecule has 1 unspecified atom stereocenters. The number of nitrogens with two attached hydrogens (primary N) is 1. The summed E-state index contributed by atoms with van der Waals surface area (Å²) in [5.74, 6) is 1.47. The number of hydrogen-bond acceptors (Lipinski definition) is 3. The van der Waals surface area contributed by atoms with Crippen molar-refractivity contribution >= 4 is 11.0 Å². The number of benzene rings is 1. The van der Waals surface area contributed by atoms with E-state index in [1.165, 1.54) is 16.5 Å². The van der Waals surface area contributed by atoms with Crippen LogP contribution in [-0.2, 0) is 6.42 Å². The van der Waals surface area contributed by atoms with Gasteiger partial charge in [-0.25, -0.2) is 0 Å². The predicted octanol–water partition coefficient (Wildman–Crippen LogP) is 2.82. The molecule has 3 nitrogen and oxygen atoms in total. The van der Waals surface area contributed by atoms with Crippen LogP contribution in [-0.4, -0.2) is 13.7 Å². The third-order valence-corrected chi connectivity index (χ3v) is 3.72. The first-order chi connectivity index (χ1) is 8.35. The van der Waals surface area contributed by atoms with Crippen molar-refractivity contribution in [2.75, 3.05) is 13.7 Å². The minimum Gasteiger partial charge on any atom is -0.496 e. The SMILES string of the molecule is COc1ccc2occ3c2c1C(CCN)CC3. The first-order valence-electron chi connectivity index (χ1n) is 6.12. The molecule has 1 aliphatic carbocycles. The number of hydrogen-bond donors (Lipinski definition) is 1. The van der Waals surface area contributed by atoms with Crippen LogP contribution in [0.5, 0.6) is 5.75 Å². The highest BCUT2D eigenvalue weighted by Crippen LogP contribution is 2.43. The number of rotatable bonds is 3. The molecule has 0 saturated heterocycles. The topological polar surface area (TPSA) is 48.4 Å². The second-order valence-corrected chi connectivity index (χ2v) is 4.63. The van der Waals surface area contributed by atoms with Gasteiger partial charge in [-0.1, -0.05) is 0 Å². The summed E-state index contributed by atoms with van der Waals surface area (Å²) in [6.07, 6.45) is 5.11. The van der Waals surface area contributed by atoms with Crippen molar-refractivity contribution in [3.05, 3.63) is 29.5 Å². The Bertz CT molecular complexity index is 544. The zero-order valence-electron chi connectivity index (χ0n) is 10.0. The van der Waals surface area contributed by atoms with E-state index in [0.29, 0.717) is 5.92 Å². The molecule has 0 radical (unpaired) electrons. The minimum absolute atomic E-state index is 0.503. The second kappa shape index (κ2) is 4.08. The predicted molar refractivity (Wildman–Crippen MR) is 67.5 cm³/mol. The van der Waals surface area contributed by atoms with Gasteiger partial charge in [0.15, 0.2) is 0 Å². The van der Waals surface area contributed by atoms with Crippen molar-refractivity contribution in [1.82, 2.24) is 0 Å². The zero-order valence-corrected chi connectivity index (χ0v) is 10.0. The van der Waals surface area contributed by atoms with Gasteiger partial charge in [0.2, 0.25) is 0 Å². The summed E-state index contributed by atoms with van der Waals surface area (Å²) in [5.41, 5.74) is 9.28. The highest BCUT2D eigenvalue weighted by atomic mass is 16.5. The molecule has 0 saturated carbocycles. The summed E-state index contributed by atoms with van der Waals surface area (Å²) in [6.45, 7) is 0.720. The Kier molecular flexibility index (Phi) is 2.56. The Morgan fingerprint density at radius 3 is 3.12 bits per heavy atom. The van der Waals surface area contributed by atoms with Crippen molar-refractivity contribution in [3.8, 4) is 5.75 Å². The lowest BCUT2D eigenvalue weighted by atomic mass is 9.81. The average molecular weight is 231 g/mol. The Labute approximate surface area is 101 Å². The fourth-order valence-corrected chi connectivity index (χ4v) is 2.93. The quantitative estimate of drug-likeness (QED) is 0.883. The molecular weight excluding hydrogens is 214 g/mol. The van der Waals surface area contributed by atoms with E-state index >= 15 is 0 Å². The van der Waals surface area contributed by atoms with E-state index in [-0.39, 0.29) is 0 Å². The van der Waals surface area contributed by atoms with Crippen molar-refractivity contribution in [2.45, 2.75) is 25.2 Å². The van der Waals surface area contributed by atoms with E-state index in [4.69, 9.17) is 14.9 Å². The van der Waals surface area contributed by atoms with Crippen LogP contribution in [0, 0.1) is 0 Å². The van der Waals surface area contributed by atoms with Crippen LogP contribution in [0.1, 0.15) is 29.9 Å². The molecule has 2 N–H and O–H groups in total. The fourth-order valence-electron chi connectivity index (χ4n) is 2.93. The molecule has 3 rings (SSSR count). The summed E-state index contributed by atoms with van der Waals surface area (Å²) >= 11 is 0. The van der Waals surface area contributed by atoms with E-state index in [9.17, 15) is 0 Å². The van der Waals surface area contributed by atoms with Crippen LogP contribution in [0.3, 0.4) is 0 Å². The summed E-state index contributed by atoms with van der Waals surface area (Å²) in [6, 6.07) is 3.99. The van der Waals surface area contributed by atoms with Crippen LogP contribution in [0.2, 0.25) is 0 Å². The minimum atomic E-state index is 0.503. The van der Waals surface area contributed by atoms with E-state index in [2.05, 4.69) is 0 Å². The number of furan rings is 1. The number of aryl methyl sites for hydroxylation is 1. The normalized spacial score (nSPS) is 18.6. The van der Waals surface area contributed by atoms with Gasteiger partial charge < -0.3 is 14.9 Å². The molecule has 0 bridgehead atoms. The Morgan fingerprint density at radius 1 is 1.47 bits per heavy atom. The van der Waals surface area contributed by atoms with Crippen molar-refractivity contribution in [1.29, 1.82) is 0 Å². The Hall–Kier alpha value is -1.48. The van der Waals surface area contributed by atoms with Crippen LogP contribution in [0.15, 0.2) is 22.8 Å². The first kappa shape index (κ1) is 10.7. The lowest BCUT2D eigenvalue weighted by Crippen LogP contribution is -2.13. The molecule has 1 heterocycles. The Balaban J connectivity index is 2.25. The molecular formula is C14H17NO2. The van der Waals surface area contributed by atoms with Gasteiger partial charge in [-0.2, -0.15) is 0 Å². The molecule has 3 heteroatoms. The van der Waals surface area contributed by atoms with Gasteiger partial charge in [-0.15, -0.1) is 0 Å². The first-order valence-corrected chi connectivity index (χ1v) is 6.12. The molecule has 90 valence electrons. The van der Waals surface area contributed by atoms with E-state index < -0.39 is 0 Å². The largest absolute Gasteiger partial charge is 0.496 e. The van der Waals surface area contributed by atoms with Crippen molar-refractivity contribution in [3.63, 3.8) is 0 Å². The third-order valence-electron chi connectivity index (χ3n) is 3.72. The molecule has 0 aliphatic heterocycles. The van der Waals surface area contributed by atoms with E-state index in [0.717, 1.165) is 37.1 Å². The molecule has 17 heavy (non-hydrogen) atoms. The number of methoxy groups -OCH3 is 1. The molecule has 0 fully saturated rings. The van der Waals surface area contributed by atoms with Crippen molar-refractivity contribution in [2.24, 2.45) is 5.73 Å². The highest BCUT2D eigenvalue weighted by molar-refractivity contribution is 5.88. The molecule has 2 aromatic rings. The highest BCUT2D eigenvalue weighted by Gasteiger charge is 2.26. The second-order valence-electron chi connectivity index (χ2n) is 4.63. The summed E-state index contributed by atoms with van der Waals surface area (Å²) in [5, 5.41) is 1.26. The maximum absolute atomic E-state index is 5.71.